The number of hydrogen-bond acceptors (Lipinski definition) is 4. The lowest BCUT2D eigenvalue weighted by molar-refractivity contribution is -0.141. The summed E-state index contributed by atoms with van der Waals surface area (Å²) in [5.41, 5.74) is 0.153. The molecular formula is C19H24N2O4. The predicted molar refractivity (Wildman–Crippen MR) is 90.7 cm³/mol. The molecule has 2 amide bonds. The lowest BCUT2D eigenvalue weighted by atomic mass is 10.0. The van der Waals surface area contributed by atoms with Crippen molar-refractivity contribution in [1.82, 2.24) is 9.80 Å². The standard InChI is InChI=1S/C19H24N2O4/c1-12(2)15-11-25-19-6-7-20(16(19)10-18(24)21(15)19)17(23)9-13-4-3-5-14(22)8-13/h3-5,8,12,15-16,22H,6-7,9-11H2,1-2H3/t15-,16+,19-/m0/s1. The van der Waals surface area contributed by atoms with Gasteiger partial charge >= 0.3 is 0 Å². The number of phenolic OH excluding ortho intramolecular Hbond substituents is 1. The first-order valence-electron chi connectivity index (χ1n) is 8.96. The predicted octanol–water partition coefficient (Wildman–Crippen LogP) is 1.52. The number of rotatable bonds is 3. The van der Waals surface area contributed by atoms with E-state index in [1.807, 2.05) is 15.9 Å². The second kappa shape index (κ2) is 5.73. The average Bonchev–Trinajstić information content (AvgIpc) is 3.16. The Hall–Kier alpha value is -2.08. The maximum absolute atomic E-state index is 12.8. The Bertz CT molecular complexity index is 719. The van der Waals surface area contributed by atoms with Crippen LogP contribution in [0.25, 0.3) is 0 Å². The average molecular weight is 344 g/mol. The molecule has 1 N–H and O–H groups in total. The number of amides is 2. The Morgan fingerprint density at radius 3 is 2.96 bits per heavy atom. The summed E-state index contributed by atoms with van der Waals surface area (Å²) in [7, 11) is 0. The lowest BCUT2D eigenvalue weighted by Gasteiger charge is -2.34. The van der Waals surface area contributed by atoms with Crippen molar-refractivity contribution in [3.63, 3.8) is 0 Å². The third-order valence-electron chi connectivity index (χ3n) is 5.84. The first-order chi connectivity index (χ1) is 11.9. The molecule has 134 valence electrons. The summed E-state index contributed by atoms with van der Waals surface area (Å²) < 4.78 is 6.15. The van der Waals surface area contributed by atoms with Crippen molar-refractivity contribution in [2.75, 3.05) is 13.2 Å². The van der Waals surface area contributed by atoms with E-state index >= 15 is 0 Å². The second-order valence-corrected chi connectivity index (χ2v) is 7.63. The monoisotopic (exact) mass is 344 g/mol. The van der Waals surface area contributed by atoms with Gasteiger partial charge in [-0.3, -0.25) is 9.59 Å². The maximum Gasteiger partial charge on any atom is 0.227 e. The molecule has 3 atom stereocenters. The molecule has 3 aliphatic rings. The van der Waals surface area contributed by atoms with Crippen molar-refractivity contribution in [1.29, 1.82) is 0 Å². The highest BCUT2D eigenvalue weighted by molar-refractivity contribution is 5.85. The van der Waals surface area contributed by atoms with Crippen molar-refractivity contribution in [3.8, 4) is 5.75 Å². The molecule has 0 radical (unpaired) electrons. The maximum atomic E-state index is 12.8. The molecule has 25 heavy (non-hydrogen) atoms. The number of phenols is 1. The van der Waals surface area contributed by atoms with E-state index in [-0.39, 0.29) is 36.1 Å². The Morgan fingerprint density at radius 1 is 1.44 bits per heavy atom. The van der Waals surface area contributed by atoms with E-state index < -0.39 is 5.72 Å². The first kappa shape index (κ1) is 16.4. The van der Waals surface area contributed by atoms with E-state index in [9.17, 15) is 14.7 Å². The minimum atomic E-state index is -0.624. The van der Waals surface area contributed by atoms with Crippen LogP contribution in [0.15, 0.2) is 24.3 Å². The summed E-state index contributed by atoms with van der Waals surface area (Å²) in [6.07, 6.45) is 1.25. The van der Waals surface area contributed by atoms with Crippen LogP contribution in [-0.2, 0) is 20.7 Å². The summed E-state index contributed by atoms with van der Waals surface area (Å²) in [6.45, 7) is 5.37. The molecule has 0 saturated carbocycles. The molecule has 3 aliphatic heterocycles. The van der Waals surface area contributed by atoms with Gasteiger partial charge < -0.3 is 19.6 Å². The van der Waals surface area contributed by atoms with Gasteiger partial charge in [0.15, 0.2) is 5.72 Å². The molecule has 1 aromatic rings. The van der Waals surface area contributed by atoms with Crippen LogP contribution in [0, 0.1) is 5.92 Å². The van der Waals surface area contributed by atoms with Gasteiger partial charge in [-0.15, -0.1) is 0 Å². The van der Waals surface area contributed by atoms with Crippen LogP contribution < -0.4 is 0 Å². The molecule has 0 aromatic heterocycles. The summed E-state index contributed by atoms with van der Waals surface area (Å²) in [6, 6.07) is 6.65. The lowest BCUT2D eigenvalue weighted by Crippen LogP contribution is -2.51. The van der Waals surface area contributed by atoms with E-state index in [1.165, 1.54) is 0 Å². The second-order valence-electron chi connectivity index (χ2n) is 7.63. The molecular weight excluding hydrogens is 320 g/mol. The Labute approximate surface area is 147 Å². The molecule has 3 fully saturated rings. The summed E-state index contributed by atoms with van der Waals surface area (Å²) in [5.74, 6) is 0.568. The molecule has 4 rings (SSSR count). The van der Waals surface area contributed by atoms with E-state index in [2.05, 4.69) is 13.8 Å². The fraction of sp³-hybridized carbons (Fsp3) is 0.579. The number of ether oxygens (including phenoxy) is 1. The molecule has 3 saturated heterocycles. The normalized spacial score (nSPS) is 30.9. The molecule has 0 aliphatic carbocycles. The molecule has 0 unspecified atom stereocenters. The van der Waals surface area contributed by atoms with Gasteiger partial charge in [0.05, 0.1) is 31.5 Å². The molecule has 1 spiro atoms. The number of nitrogens with zero attached hydrogens (tertiary/aromatic N) is 2. The van der Waals surface area contributed by atoms with Crippen LogP contribution in [0.3, 0.4) is 0 Å². The number of likely N-dealkylation sites (tertiary alicyclic amines) is 1. The molecule has 6 heteroatoms. The number of hydrogen-bond donors (Lipinski definition) is 1. The third-order valence-corrected chi connectivity index (χ3v) is 5.84. The number of carbonyl (C=O) groups is 2. The summed E-state index contributed by atoms with van der Waals surface area (Å²) in [4.78, 5) is 29.2. The van der Waals surface area contributed by atoms with Crippen LogP contribution in [0.2, 0.25) is 0 Å². The van der Waals surface area contributed by atoms with E-state index in [0.717, 1.165) is 5.56 Å². The van der Waals surface area contributed by atoms with Gasteiger partial charge in [0.2, 0.25) is 11.8 Å². The van der Waals surface area contributed by atoms with Crippen molar-refractivity contribution >= 4 is 11.8 Å². The first-order valence-corrected chi connectivity index (χ1v) is 8.96. The van der Waals surface area contributed by atoms with Crippen molar-refractivity contribution in [3.05, 3.63) is 29.8 Å². The van der Waals surface area contributed by atoms with Gasteiger partial charge in [-0.2, -0.15) is 0 Å². The van der Waals surface area contributed by atoms with E-state index in [0.29, 0.717) is 31.9 Å². The fourth-order valence-corrected chi connectivity index (χ4v) is 4.61. The summed E-state index contributed by atoms with van der Waals surface area (Å²) >= 11 is 0. The van der Waals surface area contributed by atoms with E-state index in [4.69, 9.17) is 4.74 Å². The zero-order valence-corrected chi connectivity index (χ0v) is 14.6. The van der Waals surface area contributed by atoms with Crippen molar-refractivity contribution in [2.45, 2.75) is 50.9 Å². The SMILES string of the molecule is CC(C)[C@@H]1CO[C@@]23CCN(C(=O)Cc4cccc(O)c4)[C@@H]2CC(=O)N13. The van der Waals surface area contributed by atoms with Gasteiger partial charge in [0.1, 0.15) is 5.75 Å². The van der Waals surface area contributed by atoms with E-state index in [1.54, 1.807) is 18.2 Å². The van der Waals surface area contributed by atoms with Crippen molar-refractivity contribution < 1.29 is 19.4 Å². The number of aromatic hydroxyl groups is 1. The van der Waals surface area contributed by atoms with Gasteiger partial charge in [-0.25, -0.2) is 0 Å². The highest BCUT2D eigenvalue weighted by Gasteiger charge is 2.65. The highest BCUT2D eigenvalue weighted by Crippen LogP contribution is 2.48. The topological polar surface area (TPSA) is 70.1 Å². The van der Waals surface area contributed by atoms with Gasteiger partial charge in [-0.1, -0.05) is 26.0 Å². The summed E-state index contributed by atoms with van der Waals surface area (Å²) in [5, 5.41) is 9.58. The molecule has 1 aromatic carbocycles. The van der Waals surface area contributed by atoms with Crippen LogP contribution >= 0.6 is 0 Å². The van der Waals surface area contributed by atoms with Crippen LogP contribution in [0.5, 0.6) is 5.75 Å². The molecule has 6 nitrogen and oxygen atoms in total. The zero-order valence-electron chi connectivity index (χ0n) is 14.6. The Morgan fingerprint density at radius 2 is 2.24 bits per heavy atom. The highest BCUT2D eigenvalue weighted by atomic mass is 16.5. The third kappa shape index (κ3) is 2.42. The number of benzene rings is 1. The van der Waals surface area contributed by atoms with Gasteiger partial charge in [-0.05, 0) is 23.6 Å². The fourth-order valence-electron chi connectivity index (χ4n) is 4.61. The minimum absolute atomic E-state index is 0.0151. The van der Waals surface area contributed by atoms with Crippen LogP contribution in [0.1, 0.15) is 32.3 Å². The van der Waals surface area contributed by atoms with Gasteiger partial charge in [0, 0.05) is 13.0 Å². The van der Waals surface area contributed by atoms with Crippen LogP contribution in [-0.4, -0.2) is 57.7 Å². The van der Waals surface area contributed by atoms with Crippen LogP contribution in [0.4, 0.5) is 0 Å². The quantitative estimate of drug-likeness (QED) is 0.903. The number of carbonyl (C=O) groups excluding carboxylic acids is 2. The smallest absolute Gasteiger partial charge is 0.227 e. The Balaban J connectivity index is 1.55. The molecule has 3 heterocycles. The Kier molecular flexibility index (Phi) is 3.76. The van der Waals surface area contributed by atoms with Crippen molar-refractivity contribution in [2.24, 2.45) is 5.92 Å². The largest absolute Gasteiger partial charge is 0.508 e. The molecule has 0 bridgehead atoms. The zero-order chi connectivity index (χ0) is 17.8. The minimum Gasteiger partial charge on any atom is -0.508 e. The van der Waals surface area contributed by atoms with Gasteiger partial charge in [0.25, 0.3) is 0 Å².